The zero-order chi connectivity index (χ0) is 13.1. The lowest BCUT2D eigenvalue weighted by Crippen LogP contribution is -1.92. The maximum atomic E-state index is 10.8. The second-order valence-corrected chi connectivity index (χ2v) is 4.83. The van der Waals surface area contributed by atoms with Crippen molar-refractivity contribution in [1.82, 2.24) is 4.98 Å². The van der Waals surface area contributed by atoms with Crippen LogP contribution in [-0.4, -0.2) is 9.91 Å². The van der Waals surface area contributed by atoms with Gasteiger partial charge in [-0.05, 0) is 6.07 Å². The van der Waals surface area contributed by atoms with Crippen molar-refractivity contribution >= 4 is 40.2 Å². The van der Waals surface area contributed by atoms with Gasteiger partial charge in [-0.3, -0.25) is 10.1 Å². The Morgan fingerprint density at radius 2 is 2.17 bits per heavy atom. The highest BCUT2D eigenvalue weighted by atomic mass is 35.5. The lowest BCUT2D eigenvalue weighted by molar-refractivity contribution is -0.385. The Morgan fingerprint density at radius 1 is 1.44 bits per heavy atom. The topological polar surface area (TPSA) is 65.3 Å². The maximum Gasteiger partial charge on any atom is 0.311 e. The Balaban J connectivity index is 2.31. The van der Waals surface area contributed by atoms with E-state index in [4.69, 9.17) is 27.9 Å². The van der Waals surface area contributed by atoms with Crippen LogP contribution in [0.4, 0.5) is 5.69 Å². The molecule has 0 radical (unpaired) electrons. The number of para-hydroxylation sites is 2. The minimum atomic E-state index is -0.521. The molecule has 2 rings (SSSR count). The molecule has 1 aromatic carbocycles. The molecular formula is C10H6Cl2N2O3S. The summed E-state index contributed by atoms with van der Waals surface area (Å²) in [5.41, 5.74) is -0.128. The summed E-state index contributed by atoms with van der Waals surface area (Å²) in [4.78, 5) is 14.9. The molecule has 94 valence electrons. The van der Waals surface area contributed by atoms with E-state index in [0.29, 0.717) is 4.88 Å². The lowest BCUT2D eigenvalue weighted by Gasteiger charge is -2.01. The molecule has 0 aliphatic carbocycles. The van der Waals surface area contributed by atoms with Crippen LogP contribution in [0, 0.1) is 10.1 Å². The van der Waals surface area contributed by atoms with Crippen LogP contribution in [0.25, 0.3) is 0 Å². The summed E-state index contributed by atoms with van der Waals surface area (Å²) >= 11 is 12.6. The number of rotatable bonds is 4. The summed E-state index contributed by atoms with van der Waals surface area (Å²) in [6.45, 7) is 0. The molecule has 0 fully saturated rings. The molecule has 0 aliphatic heterocycles. The fraction of sp³-hybridized carbons (Fsp3) is 0.100. The van der Waals surface area contributed by atoms with Crippen LogP contribution in [0.5, 0.6) is 10.9 Å². The number of aromatic nitrogens is 1. The summed E-state index contributed by atoms with van der Waals surface area (Å²) in [6.07, 6.45) is 0. The standard InChI is InChI=1S/C10H6Cl2N2O3S/c11-5-8-9(12)13-10(18-8)17-7-4-2-1-3-6(7)14(15)16/h1-4H,5H2. The highest BCUT2D eigenvalue weighted by Crippen LogP contribution is 2.36. The number of thiazole rings is 1. The number of nitrogens with zero attached hydrogens (tertiary/aromatic N) is 2. The van der Waals surface area contributed by atoms with Gasteiger partial charge in [0, 0.05) is 6.07 Å². The Hall–Kier alpha value is -1.37. The molecular weight excluding hydrogens is 299 g/mol. The van der Waals surface area contributed by atoms with Crippen molar-refractivity contribution in [2.45, 2.75) is 5.88 Å². The Labute approximate surface area is 116 Å². The quantitative estimate of drug-likeness (QED) is 0.481. The van der Waals surface area contributed by atoms with Crippen LogP contribution in [0.15, 0.2) is 24.3 Å². The minimum absolute atomic E-state index is 0.119. The molecule has 2 aromatic rings. The average molecular weight is 305 g/mol. The van der Waals surface area contributed by atoms with Gasteiger partial charge in [0.25, 0.3) is 5.19 Å². The van der Waals surface area contributed by atoms with Crippen LogP contribution in [0.1, 0.15) is 4.88 Å². The van der Waals surface area contributed by atoms with Gasteiger partial charge in [-0.25, -0.2) is 0 Å². The second kappa shape index (κ2) is 5.51. The highest BCUT2D eigenvalue weighted by molar-refractivity contribution is 7.14. The molecule has 0 aliphatic rings. The van der Waals surface area contributed by atoms with Crippen LogP contribution >= 0.6 is 34.5 Å². The molecule has 0 N–H and O–H groups in total. The number of benzene rings is 1. The fourth-order valence-electron chi connectivity index (χ4n) is 1.23. The molecule has 0 saturated heterocycles. The monoisotopic (exact) mass is 304 g/mol. The van der Waals surface area contributed by atoms with E-state index in [0.717, 1.165) is 11.3 Å². The Kier molecular flexibility index (Phi) is 4.00. The van der Waals surface area contributed by atoms with Crippen LogP contribution in [0.2, 0.25) is 5.15 Å². The van der Waals surface area contributed by atoms with Gasteiger partial charge in [-0.15, -0.1) is 11.6 Å². The van der Waals surface area contributed by atoms with Gasteiger partial charge >= 0.3 is 5.69 Å². The van der Waals surface area contributed by atoms with Gasteiger partial charge in [-0.2, -0.15) is 4.98 Å². The maximum absolute atomic E-state index is 10.8. The van der Waals surface area contributed by atoms with E-state index in [1.807, 2.05) is 0 Å². The molecule has 8 heteroatoms. The molecule has 0 bridgehead atoms. The van der Waals surface area contributed by atoms with E-state index in [-0.39, 0.29) is 27.7 Å². The molecule has 0 saturated carbocycles. The van der Waals surface area contributed by atoms with E-state index in [9.17, 15) is 10.1 Å². The first-order valence-corrected chi connectivity index (χ1v) is 6.47. The number of alkyl halides is 1. The van der Waals surface area contributed by atoms with Crippen molar-refractivity contribution in [3.63, 3.8) is 0 Å². The first kappa shape index (κ1) is 13.1. The molecule has 0 unspecified atom stereocenters. The van der Waals surface area contributed by atoms with E-state index < -0.39 is 4.92 Å². The Morgan fingerprint density at radius 3 is 2.78 bits per heavy atom. The lowest BCUT2D eigenvalue weighted by atomic mass is 10.3. The molecule has 1 aromatic heterocycles. The number of nitro groups is 1. The van der Waals surface area contributed by atoms with E-state index in [1.54, 1.807) is 12.1 Å². The third-order valence-electron chi connectivity index (χ3n) is 2.01. The number of nitro benzene ring substituents is 1. The van der Waals surface area contributed by atoms with Gasteiger partial charge in [0.05, 0.1) is 15.7 Å². The van der Waals surface area contributed by atoms with Gasteiger partial charge < -0.3 is 4.74 Å². The van der Waals surface area contributed by atoms with Gasteiger partial charge in [0.1, 0.15) is 5.15 Å². The molecule has 0 spiro atoms. The average Bonchev–Trinajstić information content (AvgIpc) is 2.70. The summed E-state index contributed by atoms with van der Waals surface area (Å²) < 4.78 is 5.36. The van der Waals surface area contributed by atoms with Crippen molar-refractivity contribution < 1.29 is 9.66 Å². The zero-order valence-corrected chi connectivity index (χ0v) is 11.1. The summed E-state index contributed by atoms with van der Waals surface area (Å²) in [5.74, 6) is 0.338. The summed E-state index contributed by atoms with van der Waals surface area (Å²) in [6, 6.07) is 6.05. The van der Waals surface area contributed by atoms with Gasteiger partial charge in [-0.1, -0.05) is 35.1 Å². The molecule has 0 amide bonds. The van der Waals surface area contributed by atoms with Crippen molar-refractivity contribution in [3.05, 3.63) is 44.4 Å². The fourth-order valence-corrected chi connectivity index (χ4v) is 2.56. The summed E-state index contributed by atoms with van der Waals surface area (Å²) in [5, 5.41) is 11.3. The second-order valence-electron chi connectivity index (χ2n) is 3.15. The molecule has 5 nitrogen and oxygen atoms in total. The van der Waals surface area contributed by atoms with Gasteiger partial charge in [0.2, 0.25) is 5.75 Å². The normalized spacial score (nSPS) is 10.3. The Bertz CT molecular complexity index is 588. The van der Waals surface area contributed by atoms with Crippen molar-refractivity contribution in [3.8, 4) is 10.9 Å². The highest BCUT2D eigenvalue weighted by Gasteiger charge is 2.17. The molecule has 1 heterocycles. The molecule has 0 atom stereocenters. The molecule has 18 heavy (non-hydrogen) atoms. The summed E-state index contributed by atoms with van der Waals surface area (Å²) in [7, 11) is 0. The number of halogens is 2. The predicted molar refractivity (Wildman–Crippen MR) is 69.9 cm³/mol. The number of hydrogen-bond donors (Lipinski definition) is 0. The van der Waals surface area contributed by atoms with Crippen LogP contribution in [-0.2, 0) is 5.88 Å². The van der Waals surface area contributed by atoms with Crippen molar-refractivity contribution in [2.75, 3.05) is 0 Å². The third-order valence-corrected chi connectivity index (χ3v) is 3.79. The number of hydrogen-bond acceptors (Lipinski definition) is 5. The smallest absolute Gasteiger partial charge is 0.311 e. The van der Waals surface area contributed by atoms with Crippen LogP contribution in [0.3, 0.4) is 0 Å². The van der Waals surface area contributed by atoms with E-state index in [1.165, 1.54) is 12.1 Å². The van der Waals surface area contributed by atoms with Crippen molar-refractivity contribution in [2.24, 2.45) is 0 Å². The van der Waals surface area contributed by atoms with E-state index >= 15 is 0 Å². The largest absolute Gasteiger partial charge is 0.423 e. The van der Waals surface area contributed by atoms with Gasteiger partial charge in [0.15, 0.2) is 0 Å². The predicted octanol–water partition coefficient (Wildman–Crippen LogP) is 4.24. The van der Waals surface area contributed by atoms with Crippen molar-refractivity contribution in [1.29, 1.82) is 0 Å². The van der Waals surface area contributed by atoms with E-state index in [2.05, 4.69) is 4.98 Å². The SMILES string of the molecule is O=[N+]([O-])c1ccccc1Oc1nc(Cl)c(CCl)s1. The first-order valence-electron chi connectivity index (χ1n) is 4.74. The zero-order valence-electron chi connectivity index (χ0n) is 8.80. The number of ether oxygens (including phenoxy) is 1. The first-order chi connectivity index (χ1) is 8.61. The van der Waals surface area contributed by atoms with Crippen LogP contribution < -0.4 is 4.74 Å². The minimum Gasteiger partial charge on any atom is -0.423 e. The third kappa shape index (κ3) is 2.72.